The van der Waals surface area contributed by atoms with Gasteiger partial charge >= 0.3 is 0 Å². The van der Waals surface area contributed by atoms with E-state index in [-0.39, 0.29) is 4.90 Å². The molecule has 2 heterocycles. The van der Waals surface area contributed by atoms with Gasteiger partial charge in [-0.05, 0) is 55.4 Å². The Morgan fingerprint density at radius 1 is 1.00 bits per heavy atom. The van der Waals surface area contributed by atoms with Crippen LogP contribution in [0.25, 0.3) is 0 Å². The van der Waals surface area contributed by atoms with E-state index in [1.54, 1.807) is 12.1 Å². The summed E-state index contributed by atoms with van der Waals surface area (Å²) in [5.74, 6) is 3.27. The summed E-state index contributed by atoms with van der Waals surface area (Å²) in [6.45, 7) is 1.48. The van der Waals surface area contributed by atoms with Crippen molar-refractivity contribution in [1.82, 2.24) is 9.97 Å². The molecule has 160 valence electrons. The smallest absolute Gasteiger partial charge is 0.238 e. The van der Waals surface area contributed by atoms with Crippen LogP contribution in [-0.2, 0) is 23.0 Å². The molecule has 3 N–H and O–H groups in total. The van der Waals surface area contributed by atoms with Crippen LogP contribution in [0.2, 0.25) is 0 Å². The maximum atomic E-state index is 11.8. The molecule has 0 atom stereocenters. The second kappa shape index (κ2) is 7.81. The summed E-state index contributed by atoms with van der Waals surface area (Å²) in [4.78, 5) is 12.1. The van der Waals surface area contributed by atoms with E-state index in [0.717, 1.165) is 48.8 Å². The molecule has 2 saturated carbocycles. The summed E-state index contributed by atoms with van der Waals surface area (Å²) in [5.41, 5.74) is 2.18. The molecule has 7 nitrogen and oxygen atoms in total. The van der Waals surface area contributed by atoms with Crippen molar-refractivity contribution in [2.45, 2.75) is 74.8 Å². The van der Waals surface area contributed by atoms with Crippen LogP contribution in [0.3, 0.4) is 0 Å². The number of anilines is 2. The normalized spacial score (nSPS) is 20.1. The van der Waals surface area contributed by atoms with Crippen molar-refractivity contribution in [2.75, 3.05) is 16.8 Å². The van der Waals surface area contributed by atoms with Gasteiger partial charge in [0.2, 0.25) is 10.0 Å². The molecule has 3 aliphatic rings. The Balaban J connectivity index is 1.42. The second-order valence-corrected chi connectivity index (χ2v) is 10.4. The quantitative estimate of drug-likeness (QED) is 0.759. The molecule has 1 aromatic carbocycles. The van der Waals surface area contributed by atoms with Crippen molar-refractivity contribution in [1.29, 1.82) is 0 Å². The highest BCUT2D eigenvalue weighted by Gasteiger charge is 2.29. The first-order valence-corrected chi connectivity index (χ1v) is 12.6. The van der Waals surface area contributed by atoms with Crippen LogP contribution in [0.15, 0.2) is 29.2 Å². The van der Waals surface area contributed by atoms with Crippen LogP contribution in [0.5, 0.6) is 0 Å². The SMILES string of the molecule is NS(=O)(=O)c1ccc2c(c1)CN(c1cc(NC3CCCCC3)nc(C3CC3)n1)CC2. The number of nitrogens with one attached hydrogen (secondary N) is 1. The zero-order chi connectivity index (χ0) is 20.7. The number of fused-ring (bicyclic) bond motifs is 1. The van der Waals surface area contributed by atoms with E-state index in [1.165, 1.54) is 37.7 Å². The Labute approximate surface area is 178 Å². The molecule has 0 saturated heterocycles. The Morgan fingerprint density at radius 2 is 1.80 bits per heavy atom. The minimum Gasteiger partial charge on any atom is -0.367 e. The van der Waals surface area contributed by atoms with Gasteiger partial charge in [-0.3, -0.25) is 0 Å². The molecule has 8 heteroatoms. The fourth-order valence-electron chi connectivity index (χ4n) is 4.57. The lowest BCUT2D eigenvalue weighted by Crippen LogP contribution is -2.32. The average molecular weight is 428 g/mol. The third-order valence-electron chi connectivity index (χ3n) is 6.47. The first-order valence-electron chi connectivity index (χ1n) is 11.0. The number of rotatable bonds is 5. The zero-order valence-electron chi connectivity index (χ0n) is 17.2. The van der Waals surface area contributed by atoms with Crippen LogP contribution < -0.4 is 15.4 Å². The summed E-state index contributed by atoms with van der Waals surface area (Å²) in [6.07, 6.45) is 9.46. The summed E-state index contributed by atoms with van der Waals surface area (Å²) in [5, 5.41) is 8.99. The third-order valence-corrected chi connectivity index (χ3v) is 7.38. The Hall–Kier alpha value is -2.19. The van der Waals surface area contributed by atoms with Crippen molar-refractivity contribution >= 4 is 21.7 Å². The van der Waals surface area contributed by atoms with Gasteiger partial charge in [0, 0.05) is 31.1 Å². The van der Waals surface area contributed by atoms with E-state index < -0.39 is 10.0 Å². The monoisotopic (exact) mass is 427 g/mol. The van der Waals surface area contributed by atoms with Crippen LogP contribution >= 0.6 is 0 Å². The van der Waals surface area contributed by atoms with Gasteiger partial charge in [-0.25, -0.2) is 23.5 Å². The lowest BCUT2D eigenvalue weighted by Gasteiger charge is -2.31. The fourth-order valence-corrected chi connectivity index (χ4v) is 5.14. The van der Waals surface area contributed by atoms with Gasteiger partial charge < -0.3 is 10.2 Å². The van der Waals surface area contributed by atoms with E-state index in [4.69, 9.17) is 15.1 Å². The summed E-state index contributed by atoms with van der Waals surface area (Å²) >= 11 is 0. The van der Waals surface area contributed by atoms with Crippen molar-refractivity contribution in [2.24, 2.45) is 5.14 Å². The van der Waals surface area contributed by atoms with Gasteiger partial charge in [-0.15, -0.1) is 0 Å². The van der Waals surface area contributed by atoms with Crippen molar-refractivity contribution < 1.29 is 8.42 Å². The molecule has 2 aliphatic carbocycles. The van der Waals surface area contributed by atoms with Crippen molar-refractivity contribution in [3.8, 4) is 0 Å². The number of primary sulfonamides is 1. The van der Waals surface area contributed by atoms with Crippen LogP contribution in [0.4, 0.5) is 11.6 Å². The van der Waals surface area contributed by atoms with Crippen LogP contribution in [0.1, 0.15) is 67.8 Å². The molecular weight excluding hydrogens is 398 g/mol. The van der Waals surface area contributed by atoms with Gasteiger partial charge in [-0.1, -0.05) is 25.3 Å². The van der Waals surface area contributed by atoms with Crippen molar-refractivity contribution in [3.63, 3.8) is 0 Å². The highest BCUT2D eigenvalue weighted by Crippen LogP contribution is 2.39. The van der Waals surface area contributed by atoms with Gasteiger partial charge in [0.05, 0.1) is 4.90 Å². The topological polar surface area (TPSA) is 101 Å². The second-order valence-electron chi connectivity index (χ2n) is 8.87. The molecular formula is C22H29N5O2S. The highest BCUT2D eigenvalue weighted by molar-refractivity contribution is 7.89. The largest absolute Gasteiger partial charge is 0.367 e. The number of hydrogen-bond donors (Lipinski definition) is 2. The molecule has 5 rings (SSSR count). The number of nitrogens with two attached hydrogens (primary N) is 1. The van der Waals surface area contributed by atoms with E-state index in [1.807, 2.05) is 6.07 Å². The maximum absolute atomic E-state index is 11.8. The number of aromatic nitrogens is 2. The molecule has 2 fully saturated rings. The summed E-state index contributed by atoms with van der Waals surface area (Å²) in [6, 6.07) is 7.76. The predicted molar refractivity (Wildman–Crippen MR) is 117 cm³/mol. The lowest BCUT2D eigenvalue weighted by molar-refractivity contribution is 0.461. The lowest BCUT2D eigenvalue weighted by atomic mass is 9.95. The van der Waals surface area contributed by atoms with Gasteiger partial charge in [-0.2, -0.15) is 0 Å². The Morgan fingerprint density at radius 3 is 2.53 bits per heavy atom. The van der Waals surface area contributed by atoms with Gasteiger partial charge in [0.1, 0.15) is 17.5 Å². The Kier molecular flexibility index (Phi) is 5.14. The molecule has 0 spiro atoms. The minimum absolute atomic E-state index is 0.170. The van der Waals surface area contributed by atoms with E-state index >= 15 is 0 Å². The average Bonchev–Trinajstić information content (AvgIpc) is 3.58. The standard InChI is InChI=1S/C22H29N5O2S/c23-30(28,29)19-9-8-15-10-11-27(14-17(15)12-19)21-13-20(24-18-4-2-1-3-5-18)25-22(26-21)16-6-7-16/h8-9,12-13,16,18H,1-7,10-11,14H2,(H2,23,28,29)(H,24,25,26). The molecule has 0 bridgehead atoms. The molecule has 30 heavy (non-hydrogen) atoms. The van der Waals surface area contributed by atoms with Crippen molar-refractivity contribution in [3.05, 3.63) is 41.2 Å². The Bertz CT molecular complexity index is 1050. The first-order chi connectivity index (χ1) is 14.5. The third kappa shape index (κ3) is 4.30. The molecule has 1 aliphatic heterocycles. The molecule has 0 unspecified atom stereocenters. The summed E-state index contributed by atoms with van der Waals surface area (Å²) in [7, 11) is -3.71. The maximum Gasteiger partial charge on any atom is 0.238 e. The number of sulfonamides is 1. The zero-order valence-corrected chi connectivity index (χ0v) is 18.0. The van der Waals surface area contributed by atoms with E-state index in [0.29, 0.717) is 18.5 Å². The van der Waals surface area contributed by atoms with Crippen LogP contribution in [-0.4, -0.2) is 31.0 Å². The first kappa shape index (κ1) is 19.8. The fraction of sp³-hybridized carbons (Fsp3) is 0.545. The molecule has 2 aromatic rings. The number of nitrogens with zero attached hydrogens (tertiary/aromatic N) is 3. The molecule has 0 radical (unpaired) electrons. The van der Waals surface area contributed by atoms with E-state index in [9.17, 15) is 8.42 Å². The predicted octanol–water partition coefficient (Wildman–Crippen LogP) is 3.31. The van der Waals surface area contributed by atoms with Crippen LogP contribution in [0, 0.1) is 0 Å². The highest BCUT2D eigenvalue weighted by atomic mass is 32.2. The van der Waals surface area contributed by atoms with E-state index in [2.05, 4.69) is 16.3 Å². The van der Waals surface area contributed by atoms with Gasteiger partial charge in [0.15, 0.2) is 0 Å². The number of benzene rings is 1. The molecule has 0 amide bonds. The van der Waals surface area contributed by atoms with Gasteiger partial charge in [0.25, 0.3) is 0 Å². The summed E-state index contributed by atoms with van der Waals surface area (Å²) < 4.78 is 23.5. The molecule has 1 aromatic heterocycles. The minimum atomic E-state index is -3.71. The number of hydrogen-bond acceptors (Lipinski definition) is 6.